The van der Waals surface area contributed by atoms with Gasteiger partial charge in [-0.25, -0.2) is 0 Å². The highest BCUT2D eigenvalue weighted by Crippen LogP contribution is 1.98. The Bertz CT molecular complexity index is 227. The number of ketones is 1. The Morgan fingerprint density at radius 3 is 2.40 bits per heavy atom. The van der Waals surface area contributed by atoms with Crippen LogP contribution in [0.2, 0.25) is 0 Å². The van der Waals surface area contributed by atoms with E-state index in [1.165, 1.54) is 0 Å². The van der Waals surface area contributed by atoms with Crippen LogP contribution < -0.4 is 0 Å². The summed E-state index contributed by atoms with van der Waals surface area (Å²) >= 11 is 0. The third-order valence-electron chi connectivity index (χ3n) is 1.93. The van der Waals surface area contributed by atoms with Gasteiger partial charge in [-0.1, -0.05) is 31.6 Å². The molecule has 0 fully saturated rings. The minimum absolute atomic E-state index is 0.141. The van der Waals surface area contributed by atoms with E-state index in [1.807, 2.05) is 0 Å². The van der Waals surface area contributed by atoms with Crippen molar-refractivity contribution in [2.75, 3.05) is 0 Å². The minimum Gasteiger partial charge on any atom is -0.303 e. The molecule has 0 aromatic carbocycles. The molecule has 0 aliphatic carbocycles. The van der Waals surface area contributed by atoms with Gasteiger partial charge in [0.25, 0.3) is 0 Å². The van der Waals surface area contributed by atoms with Gasteiger partial charge in [0.2, 0.25) is 0 Å². The number of allylic oxidation sites excluding steroid dienone is 4. The molecule has 2 heteroatoms. The van der Waals surface area contributed by atoms with E-state index in [-0.39, 0.29) is 5.78 Å². The normalized spacial score (nSPS) is 11.3. The molecule has 0 aromatic rings. The molecule has 2 nitrogen and oxygen atoms in total. The van der Waals surface area contributed by atoms with E-state index in [0.717, 1.165) is 25.5 Å². The summed E-state index contributed by atoms with van der Waals surface area (Å²) in [5.41, 5.74) is 0. The minimum atomic E-state index is 0.141. The van der Waals surface area contributed by atoms with Crippen molar-refractivity contribution in [1.82, 2.24) is 0 Å². The molecule has 0 heterocycles. The van der Waals surface area contributed by atoms with Crippen LogP contribution in [0.5, 0.6) is 0 Å². The van der Waals surface area contributed by atoms with E-state index in [0.29, 0.717) is 19.3 Å². The summed E-state index contributed by atoms with van der Waals surface area (Å²) in [7, 11) is 0. The highest BCUT2D eigenvalue weighted by molar-refractivity contribution is 5.89. The van der Waals surface area contributed by atoms with Crippen LogP contribution >= 0.6 is 0 Å². The maximum absolute atomic E-state index is 11.2. The van der Waals surface area contributed by atoms with Crippen LogP contribution in [0.25, 0.3) is 0 Å². The standard InChI is InChI=1S/C13H20O2/c1-2-3-4-5-7-10-13(15)11-8-6-9-12-14/h4-5,8,11-12H,2-3,6-7,9-10H2,1H3/b5-4+,11-8+. The lowest BCUT2D eigenvalue weighted by Crippen LogP contribution is -1.90. The smallest absolute Gasteiger partial charge is 0.155 e. The number of aldehydes is 1. The van der Waals surface area contributed by atoms with Gasteiger partial charge in [-0.05, 0) is 25.3 Å². The summed E-state index contributed by atoms with van der Waals surface area (Å²) in [6.45, 7) is 2.13. The van der Waals surface area contributed by atoms with E-state index < -0.39 is 0 Å². The Balaban J connectivity index is 3.48. The fourth-order valence-electron chi connectivity index (χ4n) is 1.09. The van der Waals surface area contributed by atoms with Crippen LogP contribution in [-0.4, -0.2) is 12.1 Å². The molecule has 0 saturated heterocycles. The van der Waals surface area contributed by atoms with Gasteiger partial charge in [-0.2, -0.15) is 0 Å². The van der Waals surface area contributed by atoms with Crippen LogP contribution in [0.3, 0.4) is 0 Å². The van der Waals surface area contributed by atoms with Gasteiger partial charge in [0, 0.05) is 12.8 Å². The van der Waals surface area contributed by atoms with Crippen molar-refractivity contribution in [3.05, 3.63) is 24.3 Å². The fourth-order valence-corrected chi connectivity index (χ4v) is 1.09. The first kappa shape index (κ1) is 13.8. The van der Waals surface area contributed by atoms with Gasteiger partial charge in [-0.15, -0.1) is 0 Å². The van der Waals surface area contributed by atoms with Gasteiger partial charge >= 0.3 is 0 Å². The van der Waals surface area contributed by atoms with E-state index >= 15 is 0 Å². The van der Waals surface area contributed by atoms with Gasteiger partial charge < -0.3 is 4.79 Å². The van der Waals surface area contributed by atoms with E-state index in [1.54, 1.807) is 12.2 Å². The molecule has 0 spiro atoms. The zero-order chi connectivity index (χ0) is 11.4. The topological polar surface area (TPSA) is 34.1 Å². The van der Waals surface area contributed by atoms with Crippen molar-refractivity contribution >= 4 is 12.1 Å². The molecule has 0 amide bonds. The average Bonchev–Trinajstić information content (AvgIpc) is 2.24. The molecule has 0 bridgehead atoms. The fraction of sp³-hybridized carbons (Fsp3) is 0.538. The number of unbranched alkanes of at least 4 members (excludes halogenated alkanes) is 2. The molecule has 0 unspecified atom stereocenters. The second kappa shape index (κ2) is 10.9. The average molecular weight is 208 g/mol. The van der Waals surface area contributed by atoms with Crippen LogP contribution in [0.1, 0.15) is 45.4 Å². The Morgan fingerprint density at radius 2 is 1.73 bits per heavy atom. The molecule has 0 rings (SSSR count). The van der Waals surface area contributed by atoms with Crippen LogP contribution in [0.15, 0.2) is 24.3 Å². The second-order valence-electron chi connectivity index (χ2n) is 3.41. The highest BCUT2D eigenvalue weighted by Gasteiger charge is 1.93. The Kier molecular flexibility index (Phi) is 10.0. The molecule has 0 aromatic heterocycles. The van der Waals surface area contributed by atoms with Crippen molar-refractivity contribution in [2.45, 2.75) is 45.4 Å². The number of rotatable bonds is 9. The molecule has 0 N–H and O–H groups in total. The first-order valence-electron chi connectivity index (χ1n) is 5.59. The van der Waals surface area contributed by atoms with Crippen molar-refractivity contribution in [3.8, 4) is 0 Å². The summed E-state index contributed by atoms with van der Waals surface area (Å²) in [4.78, 5) is 21.2. The van der Waals surface area contributed by atoms with Crippen molar-refractivity contribution in [3.63, 3.8) is 0 Å². The molecule has 84 valence electrons. The summed E-state index contributed by atoms with van der Waals surface area (Å²) in [5, 5.41) is 0. The van der Waals surface area contributed by atoms with Crippen LogP contribution in [-0.2, 0) is 9.59 Å². The molecular weight excluding hydrogens is 188 g/mol. The predicted molar refractivity (Wildman–Crippen MR) is 62.7 cm³/mol. The number of carbonyl (C=O) groups is 2. The zero-order valence-corrected chi connectivity index (χ0v) is 9.45. The van der Waals surface area contributed by atoms with Gasteiger partial charge in [0.1, 0.15) is 6.29 Å². The molecule has 0 aliphatic rings. The monoisotopic (exact) mass is 208 g/mol. The van der Waals surface area contributed by atoms with Crippen LogP contribution in [0, 0.1) is 0 Å². The largest absolute Gasteiger partial charge is 0.303 e. The lowest BCUT2D eigenvalue weighted by atomic mass is 10.1. The molecule has 0 saturated carbocycles. The molecule has 0 aliphatic heterocycles. The highest BCUT2D eigenvalue weighted by atomic mass is 16.1. The third kappa shape index (κ3) is 10.7. The summed E-state index contributed by atoms with van der Waals surface area (Å²) in [6, 6.07) is 0. The Labute approximate surface area is 92.1 Å². The Morgan fingerprint density at radius 1 is 1.00 bits per heavy atom. The van der Waals surface area contributed by atoms with E-state index in [9.17, 15) is 9.59 Å². The zero-order valence-electron chi connectivity index (χ0n) is 9.45. The van der Waals surface area contributed by atoms with Crippen LogP contribution in [0.4, 0.5) is 0 Å². The van der Waals surface area contributed by atoms with Gasteiger partial charge in [0.05, 0.1) is 0 Å². The molecular formula is C13H20O2. The lowest BCUT2D eigenvalue weighted by molar-refractivity contribution is -0.114. The maximum atomic E-state index is 11.2. The first-order chi connectivity index (χ1) is 7.31. The number of hydrogen-bond acceptors (Lipinski definition) is 2. The third-order valence-corrected chi connectivity index (χ3v) is 1.93. The first-order valence-corrected chi connectivity index (χ1v) is 5.59. The maximum Gasteiger partial charge on any atom is 0.155 e. The van der Waals surface area contributed by atoms with Gasteiger partial charge in [0.15, 0.2) is 5.78 Å². The summed E-state index contributed by atoms with van der Waals surface area (Å²) in [6.07, 6.45) is 13.2. The van der Waals surface area contributed by atoms with E-state index in [2.05, 4.69) is 19.1 Å². The molecule has 0 radical (unpaired) electrons. The number of hydrogen-bond donors (Lipinski definition) is 0. The lowest BCUT2D eigenvalue weighted by Gasteiger charge is -1.90. The van der Waals surface area contributed by atoms with Crippen molar-refractivity contribution in [2.24, 2.45) is 0 Å². The quantitative estimate of drug-likeness (QED) is 0.252. The Hall–Kier alpha value is -1.18. The SMILES string of the molecule is CCC/C=C/CCC(=O)/C=C/CCC=O. The summed E-state index contributed by atoms with van der Waals surface area (Å²) < 4.78 is 0. The van der Waals surface area contributed by atoms with Crippen molar-refractivity contribution in [1.29, 1.82) is 0 Å². The van der Waals surface area contributed by atoms with Gasteiger partial charge in [-0.3, -0.25) is 4.79 Å². The van der Waals surface area contributed by atoms with Crippen molar-refractivity contribution < 1.29 is 9.59 Å². The molecule has 15 heavy (non-hydrogen) atoms. The molecule has 0 atom stereocenters. The second-order valence-corrected chi connectivity index (χ2v) is 3.41. The predicted octanol–water partition coefficient (Wildman–Crippen LogP) is 3.23. The summed E-state index contributed by atoms with van der Waals surface area (Å²) in [5.74, 6) is 0.141. The number of carbonyl (C=O) groups excluding carboxylic acids is 2. The van der Waals surface area contributed by atoms with E-state index in [4.69, 9.17) is 0 Å².